The number of aromatic amines is 1. The molecule has 0 saturated carbocycles. The van der Waals surface area contributed by atoms with E-state index < -0.39 is 0 Å². The Morgan fingerprint density at radius 2 is 1.69 bits per heavy atom. The standard InChI is InChI=1S/C25H22N2O2/c1-15-22-16(2)24-19(18-11-7-8-12-21(18)27(24)3)13-20(22)26-23(15)25(28)29-14-17-9-5-4-6-10-17/h4-13,26H,14H2,1-3H3. The van der Waals surface area contributed by atoms with Crippen LogP contribution in [0.25, 0.3) is 32.7 Å². The molecule has 0 atom stereocenters. The number of rotatable bonds is 3. The largest absolute Gasteiger partial charge is 0.456 e. The highest BCUT2D eigenvalue weighted by atomic mass is 16.5. The lowest BCUT2D eigenvalue weighted by atomic mass is 10.0. The molecule has 0 spiro atoms. The Hall–Kier alpha value is -3.53. The highest BCUT2D eigenvalue weighted by Gasteiger charge is 2.21. The number of H-pyrrole nitrogens is 1. The summed E-state index contributed by atoms with van der Waals surface area (Å²) in [6.45, 7) is 4.38. The molecule has 0 aliphatic carbocycles. The number of nitrogens with zero attached hydrogens (tertiary/aromatic N) is 1. The first kappa shape index (κ1) is 17.6. The molecule has 0 radical (unpaired) electrons. The fraction of sp³-hybridized carbons (Fsp3) is 0.160. The van der Waals surface area contributed by atoms with E-state index in [1.165, 1.54) is 27.4 Å². The maximum Gasteiger partial charge on any atom is 0.355 e. The van der Waals surface area contributed by atoms with Gasteiger partial charge in [0.15, 0.2) is 0 Å². The molecule has 5 rings (SSSR count). The number of ether oxygens (including phenoxy) is 1. The maximum atomic E-state index is 12.8. The van der Waals surface area contributed by atoms with E-state index in [2.05, 4.69) is 53.9 Å². The molecule has 0 saturated heterocycles. The Labute approximate surface area is 168 Å². The van der Waals surface area contributed by atoms with Crippen LogP contribution in [-0.2, 0) is 18.4 Å². The zero-order chi connectivity index (χ0) is 20.1. The summed E-state index contributed by atoms with van der Waals surface area (Å²) >= 11 is 0. The molecular formula is C25H22N2O2. The first-order valence-corrected chi connectivity index (χ1v) is 9.76. The van der Waals surface area contributed by atoms with Crippen molar-refractivity contribution in [1.82, 2.24) is 9.55 Å². The number of fused-ring (bicyclic) bond motifs is 4. The third-order valence-corrected chi connectivity index (χ3v) is 5.86. The van der Waals surface area contributed by atoms with Gasteiger partial charge in [-0.25, -0.2) is 4.79 Å². The Morgan fingerprint density at radius 3 is 2.48 bits per heavy atom. The van der Waals surface area contributed by atoms with Crippen molar-refractivity contribution in [2.24, 2.45) is 7.05 Å². The summed E-state index contributed by atoms with van der Waals surface area (Å²) in [6.07, 6.45) is 0. The van der Waals surface area contributed by atoms with E-state index in [1.807, 2.05) is 37.3 Å². The van der Waals surface area contributed by atoms with Gasteiger partial charge >= 0.3 is 5.97 Å². The smallest absolute Gasteiger partial charge is 0.355 e. The van der Waals surface area contributed by atoms with Gasteiger partial charge in [-0.05, 0) is 42.7 Å². The number of aromatic nitrogens is 2. The third kappa shape index (κ3) is 2.64. The molecule has 1 N–H and O–H groups in total. The fourth-order valence-corrected chi connectivity index (χ4v) is 4.49. The van der Waals surface area contributed by atoms with E-state index in [9.17, 15) is 4.79 Å². The van der Waals surface area contributed by atoms with Crippen molar-refractivity contribution in [3.05, 3.63) is 83.0 Å². The van der Waals surface area contributed by atoms with Crippen LogP contribution in [0.2, 0.25) is 0 Å². The zero-order valence-electron chi connectivity index (χ0n) is 16.7. The predicted molar refractivity (Wildman–Crippen MR) is 117 cm³/mol. The van der Waals surface area contributed by atoms with Crippen molar-refractivity contribution in [3.8, 4) is 0 Å². The van der Waals surface area contributed by atoms with E-state index in [0.717, 1.165) is 22.0 Å². The first-order chi connectivity index (χ1) is 14.1. The van der Waals surface area contributed by atoms with Gasteiger partial charge < -0.3 is 14.3 Å². The van der Waals surface area contributed by atoms with E-state index in [0.29, 0.717) is 5.69 Å². The lowest BCUT2D eigenvalue weighted by molar-refractivity contribution is 0.0466. The SMILES string of the molecule is Cc1c(C(=O)OCc2ccccc2)[nH]c2cc3c4ccccc4n(C)c3c(C)c12. The molecule has 144 valence electrons. The van der Waals surface area contributed by atoms with Crippen molar-refractivity contribution in [3.63, 3.8) is 0 Å². The second-order valence-electron chi connectivity index (χ2n) is 7.58. The molecule has 0 aliphatic rings. The van der Waals surface area contributed by atoms with Crippen molar-refractivity contribution in [2.45, 2.75) is 20.5 Å². The maximum absolute atomic E-state index is 12.8. The molecule has 0 bridgehead atoms. The minimum atomic E-state index is -0.323. The van der Waals surface area contributed by atoms with Gasteiger partial charge in [-0.1, -0.05) is 48.5 Å². The van der Waals surface area contributed by atoms with Crippen molar-refractivity contribution in [1.29, 1.82) is 0 Å². The fourth-order valence-electron chi connectivity index (χ4n) is 4.49. The Balaban J connectivity index is 1.62. The van der Waals surface area contributed by atoms with Gasteiger partial charge in [0.05, 0.1) is 5.52 Å². The zero-order valence-corrected chi connectivity index (χ0v) is 16.7. The van der Waals surface area contributed by atoms with E-state index >= 15 is 0 Å². The lowest BCUT2D eigenvalue weighted by Gasteiger charge is -2.05. The van der Waals surface area contributed by atoms with Crippen LogP contribution >= 0.6 is 0 Å². The van der Waals surface area contributed by atoms with E-state index in [-0.39, 0.29) is 12.6 Å². The van der Waals surface area contributed by atoms with E-state index in [1.54, 1.807) is 0 Å². The lowest BCUT2D eigenvalue weighted by Crippen LogP contribution is -2.07. The normalized spacial score (nSPS) is 11.6. The number of aryl methyl sites for hydroxylation is 3. The van der Waals surface area contributed by atoms with Crippen LogP contribution in [0, 0.1) is 13.8 Å². The molecule has 0 aliphatic heterocycles. The summed E-state index contributed by atoms with van der Waals surface area (Å²) in [5.41, 5.74) is 6.98. The average Bonchev–Trinajstić information content (AvgIpc) is 3.23. The second-order valence-corrected chi connectivity index (χ2v) is 7.58. The number of hydrogen-bond donors (Lipinski definition) is 1. The third-order valence-electron chi connectivity index (χ3n) is 5.86. The molecule has 2 heterocycles. The molecule has 3 aromatic carbocycles. The molecule has 2 aromatic heterocycles. The molecule has 0 amide bonds. The van der Waals surface area contributed by atoms with Crippen LogP contribution in [0.5, 0.6) is 0 Å². The molecular weight excluding hydrogens is 360 g/mol. The second kappa shape index (κ2) is 6.52. The molecule has 5 aromatic rings. The monoisotopic (exact) mass is 382 g/mol. The number of benzene rings is 3. The minimum Gasteiger partial charge on any atom is -0.456 e. The van der Waals surface area contributed by atoms with Crippen LogP contribution in [0.3, 0.4) is 0 Å². The Bertz CT molecular complexity index is 1390. The highest BCUT2D eigenvalue weighted by molar-refractivity contribution is 6.15. The number of carbonyl (C=O) groups is 1. The summed E-state index contributed by atoms with van der Waals surface area (Å²) in [6, 6.07) is 20.3. The summed E-state index contributed by atoms with van der Waals surface area (Å²) in [4.78, 5) is 16.1. The van der Waals surface area contributed by atoms with Gasteiger partial charge in [-0.15, -0.1) is 0 Å². The van der Waals surface area contributed by atoms with Crippen LogP contribution in [0.1, 0.15) is 27.2 Å². The minimum absolute atomic E-state index is 0.264. The summed E-state index contributed by atoms with van der Waals surface area (Å²) in [5.74, 6) is -0.323. The van der Waals surface area contributed by atoms with Crippen LogP contribution in [0.15, 0.2) is 60.7 Å². The average molecular weight is 382 g/mol. The van der Waals surface area contributed by atoms with Gasteiger partial charge in [-0.2, -0.15) is 0 Å². The van der Waals surface area contributed by atoms with Crippen LogP contribution in [0.4, 0.5) is 0 Å². The van der Waals surface area contributed by atoms with Crippen LogP contribution < -0.4 is 0 Å². The summed E-state index contributed by atoms with van der Waals surface area (Å²) < 4.78 is 7.80. The number of nitrogens with one attached hydrogen (secondary N) is 1. The Morgan fingerprint density at radius 1 is 0.966 bits per heavy atom. The topological polar surface area (TPSA) is 47.0 Å². The summed E-state index contributed by atoms with van der Waals surface area (Å²) in [7, 11) is 2.10. The molecule has 0 unspecified atom stereocenters. The van der Waals surface area contributed by atoms with Gasteiger partial charge in [0.25, 0.3) is 0 Å². The molecule has 0 fully saturated rings. The van der Waals surface area contributed by atoms with Gasteiger partial charge in [0, 0.05) is 34.2 Å². The molecule has 4 heteroatoms. The highest BCUT2D eigenvalue weighted by Crippen LogP contribution is 2.36. The molecule has 29 heavy (non-hydrogen) atoms. The quantitative estimate of drug-likeness (QED) is 0.402. The van der Waals surface area contributed by atoms with Crippen molar-refractivity contribution < 1.29 is 9.53 Å². The number of carbonyl (C=O) groups excluding carboxylic acids is 1. The van der Waals surface area contributed by atoms with Gasteiger partial charge in [0.1, 0.15) is 12.3 Å². The van der Waals surface area contributed by atoms with Crippen molar-refractivity contribution in [2.75, 3.05) is 0 Å². The number of para-hydroxylation sites is 1. The van der Waals surface area contributed by atoms with Crippen molar-refractivity contribution >= 4 is 38.7 Å². The van der Waals surface area contributed by atoms with Gasteiger partial charge in [-0.3, -0.25) is 0 Å². The summed E-state index contributed by atoms with van der Waals surface area (Å²) in [5, 5.41) is 3.50. The van der Waals surface area contributed by atoms with E-state index in [4.69, 9.17) is 4.74 Å². The predicted octanol–water partition coefficient (Wildman–Crippen LogP) is 5.79. The van der Waals surface area contributed by atoms with Crippen LogP contribution in [-0.4, -0.2) is 15.5 Å². The number of hydrogen-bond acceptors (Lipinski definition) is 2. The number of esters is 1. The van der Waals surface area contributed by atoms with Gasteiger partial charge in [0.2, 0.25) is 0 Å². The first-order valence-electron chi connectivity index (χ1n) is 9.76. The molecule has 4 nitrogen and oxygen atoms in total. The Kier molecular flexibility index (Phi) is 3.95.